The lowest BCUT2D eigenvalue weighted by molar-refractivity contribution is -0.298. The van der Waals surface area contributed by atoms with Gasteiger partial charge in [0.2, 0.25) is 5.91 Å². The molecule has 83 heavy (non-hydrogen) atoms. The fourth-order valence-electron chi connectivity index (χ4n) is 12.1. The highest BCUT2D eigenvalue weighted by Gasteiger charge is 2.48. The minimum Gasteiger partial charge on any atom is -0.394 e. The summed E-state index contributed by atoms with van der Waals surface area (Å²) < 4.78 is 48.0. The van der Waals surface area contributed by atoms with Crippen molar-refractivity contribution in [3.63, 3.8) is 0 Å². The maximum absolute atomic E-state index is 13.2. The van der Waals surface area contributed by atoms with Crippen molar-refractivity contribution in [3.05, 3.63) is 12.2 Å². The highest BCUT2D eigenvalue weighted by Crippen LogP contribution is 2.27. The topological polar surface area (TPSA) is 192 Å². The Labute approximate surface area is 512 Å². The van der Waals surface area contributed by atoms with Gasteiger partial charge < -0.3 is 35.2 Å². The lowest BCUT2D eigenvalue weighted by Gasteiger charge is -2.41. The van der Waals surface area contributed by atoms with Gasteiger partial charge in [-0.15, -0.1) is 0 Å². The number of amides is 1. The summed E-state index contributed by atoms with van der Waals surface area (Å²) in [4.78, 5) is 13.2. The van der Waals surface area contributed by atoms with Crippen molar-refractivity contribution in [3.8, 4) is 0 Å². The van der Waals surface area contributed by atoms with E-state index in [-0.39, 0.29) is 18.9 Å². The first-order valence-corrected chi connectivity index (χ1v) is 37.4. The number of allylic oxidation sites excluding steroid dienone is 1. The van der Waals surface area contributed by atoms with Crippen LogP contribution in [0.15, 0.2) is 12.2 Å². The number of aliphatic hydroxyl groups excluding tert-OH is 4. The van der Waals surface area contributed by atoms with E-state index in [0.29, 0.717) is 6.42 Å². The number of aliphatic hydroxyl groups is 4. The standard InChI is InChI=1S/C70H137NO11S/c1-3-5-7-9-11-13-15-17-19-21-22-23-24-25-26-27-28-29-30-31-32-33-34-35-36-37-38-39-40-41-42-44-46-48-50-52-54-56-58-60-66(74)71-63(62-80-70-68(76)69(82-83(77,78)79)67(75)65(61-72)81-70)64(73)59-57-55-53-51-49-47-45-43-20-18-16-14-12-10-8-6-4-2/h57,59,63-65,67-70,72-73,75-76H,3-56,58,60-62H2,1-2H3,(H,71,74)(H,77,78,79)/b59-57+. The van der Waals surface area contributed by atoms with E-state index in [4.69, 9.17) is 9.47 Å². The second-order valence-electron chi connectivity index (χ2n) is 25.5. The lowest BCUT2D eigenvalue weighted by atomic mass is 9.99. The second kappa shape index (κ2) is 59.8. The highest BCUT2D eigenvalue weighted by molar-refractivity contribution is 7.80. The molecule has 0 aromatic carbocycles. The van der Waals surface area contributed by atoms with Gasteiger partial charge in [0.1, 0.15) is 24.4 Å². The molecule has 0 radical (unpaired) electrons. The molecule has 6 N–H and O–H groups in total. The van der Waals surface area contributed by atoms with Crippen LogP contribution < -0.4 is 5.32 Å². The molecule has 0 spiro atoms. The van der Waals surface area contributed by atoms with Crippen molar-refractivity contribution in [1.82, 2.24) is 5.32 Å². The average molecular weight is 1200 g/mol. The van der Waals surface area contributed by atoms with Gasteiger partial charge in [0.15, 0.2) is 6.29 Å². The van der Waals surface area contributed by atoms with E-state index in [1.54, 1.807) is 6.08 Å². The number of nitrogens with one attached hydrogen (secondary N) is 1. The molecule has 1 fully saturated rings. The van der Waals surface area contributed by atoms with Crippen LogP contribution in [0, 0.1) is 0 Å². The second-order valence-corrected chi connectivity index (χ2v) is 26.6. The maximum Gasteiger partial charge on any atom is 0.397 e. The Morgan fingerprint density at radius 3 is 1.05 bits per heavy atom. The van der Waals surface area contributed by atoms with Crippen LogP contribution in [0.5, 0.6) is 0 Å². The number of ether oxygens (including phenoxy) is 2. The summed E-state index contributed by atoms with van der Waals surface area (Å²) in [6, 6.07) is -0.941. The lowest BCUT2D eigenvalue weighted by Crippen LogP contribution is -2.61. The molecule has 1 amide bonds. The molecule has 13 heteroatoms. The molecule has 7 unspecified atom stereocenters. The molecule has 1 aliphatic rings. The minimum absolute atomic E-state index is 0.253. The number of hydrogen-bond acceptors (Lipinski definition) is 10. The van der Waals surface area contributed by atoms with Crippen LogP contribution in [-0.2, 0) is 28.9 Å². The molecule has 1 heterocycles. The quantitative estimate of drug-likeness (QED) is 0.0193. The number of carbonyl (C=O) groups excluding carboxylic acids is 1. The summed E-state index contributed by atoms with van der Waals surface area (Å²) in [5.74, 6) is -0.253. The zero-order valence-corrected chi connectivity index (χ0v) is 55.1. The van der Waals surface area contributed by atoms with Crippen molar-refractivity contribution in [1.29, 1.82) is 0 Å². The van der Waals surface area contributed by atoms with Crippen LogP contribution in [0.2, 0.25) is 0 Å². The highest BCUT2D eigenvalue weighted by atomic mass is 32.3. The molecule has 494 valence electrons. The van der Waals surface area contributed by atoms with Crippen molar-refractivity contribution >= 4 is 16.3 Å². The smallest absolute Gasteiger partial charge is 0.394 e. The third-order valence-corrected chi connectivity index (χ3v) is 18.0. The molecule has 0 bridgehead atoms. The Kier molecular flexibility index (Phi) is 57.5. The zero-order valence-electron chi connectivity index (χ0n) is 54.3. The molecule has 1 saturated heterocycles. The summed E-state index contributed by atoms with van der Waals surface area (Å²) in [6.45, 7) is 3.46. The molecule has 7 atom stereocenters. The Balaban J connectivity index is 2.13. The average Bonchev–Trinajstić information content (AvgIpc) is 3.59. The van der Waals surface area contributed by atoms with E-state index in [2.05, 4.69) is 23.3 Å². The van der Waals surface area contributed by atoms with E-state index >= 15 is 0 Å². The number of rotatable bonds is 65. The van der Waals surface area contributed by atoms with Crippen molar-refractivity contribution in [2.24, 2.45) is 0 Å². The van der Waals surface area contributed by atoms with Crippen LogP contribution in [0.4, 0.5) is 0 Å². The monoisotopic (exact) mass is 1200 g/mol. The fourth-order valence-corrected chi connectivity index (χ4v) is 12.6. The first-order valence-electron chi connectivity index (χ1n) is 36.1. The van der Waals surface area contributed by atoms with Gasteiger partial charge in [0.25, 0.3) is 0 Å². The summed E-state index contributed by atoms with van der Waals surface area (Å²) in [5, 5.41) is 45.1. The Bertz CT molecular complexity index is 1500. The first-order chi connectivity index (χ1) is 40.5. The maximum atomic E-state index is 13.2. The largest absolute Gasteiger partial charge is 0.397 e. The predicted octanol–water partition coefficient (Wildman–Crippen LogP) is 18.9. The predicted molar refractivity (Wildman–Crippen MR) is 347 cm³/mol. The van der Waals surface area contributed by atoms with E-state index in [9.17, 15) is 38.2 Å². The van der Waals surface area contributed by atoms with Gasteiger partial charge >= 0.3 is 10.4 Å². The van der Waals surface area contributed by atoms with Crippen LogP contribution in [0.25, 0.3) is 0 Å². The number of carbonyl (C=O) groups is 1. The van der Waals surface area contributed by atoms with Gasteiger partial charge in [-0.25, -0.2) is 4.18 Å². The molecule has 0 saturated carbocycles. The normalized spacial score (nSPS) is 18.4. The third-order valence-electron chi connectivity index (χ3n) is 17.6. The molecule has 0 aromatic heterocycles. The molecule has 1 rings (SSSR count). The van der Waals surface area contributed by atoms with Gasteiger partial charge in [0, 0.05) is 6.42 Å². The fraction of sp³-hybridized carbons (Fsp3) is 0.957. The van der Waals surface area contributed by atoms with Crippen LogP contribution in [0.1, 0.15) is 373 Å². The molecular formula is C70H137NO11S. The minimum atomic E-state index is -5.09. The Morgan fingerprint density at radius 1 is 0.470 bits per heavy atom. The first kappa shape index (κ1) is 79.9. The van der Waals surface area contributed by atoms with Crippen LogP contribution in [0.3, 0.4) is 0 Å². The molecule has 0 aromatic rings. The van der Waals surface area contributed by atoms with Gasteiger partial charge in [-0.2, -0.15) is 8.42 Å². The summed E-state index contributed by atoms with van der Waals surface area (Å²) >= 11 is 0. The van der Waals surface area contributed by atoms with Gasteiger partial charge in [0.05, 0.1) is 25.4 Å². The van der Waals surface area contributed by atoms with Crippen molar-refractivity contribution in [2.45, 2.75) is 416 Å². The van der Waals surface area contributed by atoms with Crippen molar-refractivity contribution in [2.75, 3.05) is 13.2 Å². The Hall–Kier alpha value is -1.16. The van der Waals surface area contributed by atoms with E-state index in [1.165, 1.54) is 308 Å². The van der Waals surface area contributed by atoms with Gasteiger partial charge in [-0.3, -0.25) is 9.35 Å². The molecule has 12 nitrogen and oxygen atoms in total. The number of hydrogen-bond donors (Lipinski definition) is 6. The Morgan fingerprint density at radius 2 is 0.759 bits per heavy atom. The molecule has 1 aliphatic heterocycles. The zero-order chi connectivity index (χ0) is 60.4. The summed E-state index contributed by atoms with van der Waals surface area (Å²) in [7, 11) is -5.09. The molecule has 0 aliphatic carbocycles. The summed E-state index contributed by atoms with van der Waals surface area (Å²) in [6.07, 6.45) is 67.5. The van der Waals surface area contributed by atoms with Crippen LogP contribution in [-0.4, -0.2) is 95.4 Å². The SMILES string of the molecule is CCCCCCCCCCCCCCCCC/C=C/C(O)C(COC1OC(CO)C(O)C(OS(=O)(=O)O)C1O)NC(=O)CCCCCCCCCCCCCCCCCCCCCCCCCCCCCCCCCCCCCCCCC. The molecular weight excluding hydrogens is 1060 g/mol. The van der Waals surface area contributed by atoms with E-state index < -0.39 is 59.9 Å². The van der Waals surface area contributed by atoms with Crippen molar-refractivity contribution < 1.29 is 51.8 Å². The number of unbranched alkanes of at least 4 members (excludes halogenated alkanes) is 53. The third kappa shape index (κ3) is 51.4. The summed E-state index contributed by atoms with van der Waals surface area (Å²) in [5.41, 5.74) is 0. The van der Waals surface area contributed by atoms with Crippen LogP contribution >= 0.6 is 0 Å². The van der Waals surface area contributed by atoms with E-state index in [1.807, 2.05) is 6.08 Å². The van der Waals surface area contributed by atoms with Gasteiger partial charge in [-0.05, 0) is 19.3 Å². The van der Waals surface area contributed by atoms with E-state index in [0.717, 1.165) is 38.5 Å². The van der Waals surface area contributed by atoms with Gasteiger partial charge in [-0.1, -0.05) is 360 Å².